The van der Waals surface area contributed by atoms with Crippen molar-refractivity contribution in [1.82, 2.24) is 10.6 Å². The fraction of sp³-hybridized carbons (Fsp3) is 0.600. The molecule has 2 N–H and O–H groups in total. The Balaban J connectivity index is 2.43. The van der Waals surface area contributed by atoms with Gasteiger partial charge in [0.15, 0.2) is 0 Å². The Bertz CT molecular complexity index is 356. The predicted octanol–water partition coefficient (Wildman–Crippen LogP) is 2.43. The highest BCUT2D eigenvalue weighted by molar-refractivity contribution is 5.30. The molecule has 0 fully saturated rings. The van der Waals surface area contributed by atoms with Crippen molar-refractivity contribution < 1.29 is 0 Å². The molecule has 1 aromatic carbocycles. The molecule has 96 valence electrons. The van der Waals surface area contributed by atoms with Gasteiger partial charge in [0.25, 0.3) is 0 Å². The zero-order chi connectivity index (χ0) is 12.9. The lowest BCUT2D eigenvalue weighted by atomic mass is 10.0. The standard InChI is InChI=1S/C15H26N2/c1-12-6-7-14(10-13(12)2)8-9-17-15(3,4)11-16-5/h6-7,10,16-17H,8-9,11H2,1-5H3. The molecule has 0 bridgehead atoms. The molecule has 2 heteroatoms. The van der Waals surface area contributed by atoms with Crippen LogP contribution >= 0.6 is 0 Å². The maximum atomic E-state index is 3.58. The summed E-state index contributed by atoms with van der Waals surface area (Å²) >= 11 is 0. The van der Waals surface area contributed by atoms with Crippen LogP contribution in [0.4, 0.5) is 0 Å². The molecule has 0 aromatic heterocycles. The fourth-order valence-electron chi connectivity index (χ4n) is 2.01. The van der Waals surface area contributed by atoms with Crippen LogP contribution in [0, 0.1) is 13.8 Å². The Labute approximate surface area is 106 Å². The normalized spacial score (nSPS) is 11.8. The first-order valence-electron chi connectivity index (χ1n) is 6.40. The lowest BCUT2D eigenvalue weighted by Gasteiger charge is -2.26. The van der Waals surface area contributed by atoms with Crippen LogP contribution in [0.25, 0.3) is 0 Å². The van der Waals surface area contributed by atoms with Gasteiger partial charge in [-0.15, -0.1) is 0 Å². The van der Waals surface area contributed by atoms with Crippen LogP contribution in [-0.4, -0.2) is 25.7 Å². The number of aryl methyl sites for hydroxylation is 2. The van der Waals surface area contributed by atoms with E-state index in [1.165, 1.54) is 16.7 Å². The van der Waals surface area contributed by atoms with Crippen molar-refractivity contribution in [3.05, 3.63) is 34.9 Å². The van der Waals surface area contributed by atoms with Crippen molar-refractivity contribution in [3.8, 4) is 0 Å². The van der Waals surface area contributed by atoms with Crippen LogP contribution in [0.15, 0.2) is 18.2 Å². The first-order valence-corrected chi connectivity index (χ1v) is 6.40. The smallest absolute Gasteiger partial charge is 0.0249 e. The SMILES string of the molecule is CNCC(C)(C)NCCc1ccc(C)c(C)c1. The van der Waals surface area contributed by atoms with E-state index in [2.05, 4.69) is 56.5 Å². The summed E-state index contributed by atoms with van der Waals surface area (Å²) < 4.78 is 0. The van der Waals surface area contributed by atoms with Gasteiger partial charge in [-0.25, -0.2) is 0 Å². The summed E-state index contributed by atoms with van der Waals surface area (Å²) in [7, 11) is 1.99. The van der Waals surface area contributed by atoms with Crippen molar-refractivity contribution in [2.75, 3.05) is 20.1 Å². The van der Waals surface area contributed by atoms with Gasteiger partial charge in [-0.3, -0.25) is 0 Å². The minimum absolute atomic E-state index is 0.161. The second kappa shape index (κ2) is 6.18. The van der Waals surface area contributed by atoms with Gasteiger partial charge >= 0.3 is 0 Å². The van der Waals surface area contributed by atoms with E-state index in [0.29, 0.717) is 0 Å². The maximum absolute atomic E-state index is 3.58. The number of likely N-dealkylation sites (N-methyl/N-ethyl adjacent to an activating group) is 1. The highest BCUT2D eigenvalue weighted by Gasteiger charge is 2.14. The van der Waals surface area contributed by atoms with E-state index in [9.17, 15) is 0 Å². The van der Waals surface area contributed by atoms with Crippen LogP contribution in [0.3, 0.4) is 0 Å². The third-order valence-corrected chi connectivity index (χ3v) is 3.21. The summed E-state index contributed by atoms with van der Waals surface area (Å²) in [5.41, 5.74) is 4.34. The van der Waals surface area contributed by atoms with Gasteiger partial charge in [-0.2, -0.15) is 0 Å². The van der Waals surface area contributed by atoms with E-state index in [-0.39, 0.29) is 5.54 Å². The van der Waals surface area contributed by atoms with E-state index < -0.39 is 0 Å². The quantitative estimate of drug-likeness (QED) is 0.790. The lowest BCUT2D eigenvalue weighted by molar-refractivity contribution is 0.379. The number of hydrogen-bond donors (Lipinski definition) is 2. The number of rotatable bonds is 6. The highest BCUT2D eigenvalue weighted by Crippen LogP contribution is 2.10. The van der Waals surface area contributed by atoms with Gasteiger partial charge in [0.2, 0.25) is 0 Å². The second-order valence-corrected chi connectivity index (χ2v) is 5.51. The molecule has 0 aliphatic carbocycles. The van der Waals surface area contributed by atoms with E-state index in [0.717, 1.165) is 19.5 Å². The Morgan fingerprint density at radius 2 is 1.82 bits per heavy atom. The number of nitrogens with one attached hydrogen (secondary N) is 2. The molecular formula is C15H26N2. The van der Waals surface area contributed by atoms with Crippen molar-refractivity contribution >= 4 is 0 Å². The largest absolute Gasteiger partial charge is 0.318 e. The van der Waals surface area contributed by atoms with Gasteiger partial charge in [0, 0.05) is 12.1 Å². The zero-order valence-corrected chi connectivity index (χ0v) is 11.9. The van der Waals surface area contributed by atoms with Crippen molar-refractivity contribution in [3.63, 3.8) is 0 Å². The Morgan fingerprint density at radius 1 is 1.12 bits per heavy atom. The molecule has 1 rings (SSSR count). The van der Waals surface area contributed by atoms with Crippen LogP contribution < -0.4 is 10.6 Å². The van der Waals surface area contributed by atoms with Crippen LogP contribution in [-0.2, 0) is 6.42 Å². The number of benzene rings is 1. The topological polar surface area (TPSA) is 24.1 Å². The Hall–Kier alpha value is -0.860. The average molecular weight is 234 g/mol. The molecule has 0 heterocycles. The monoisotopic (exact) mass is 234 g/mol. The van der Waals surface area contributed by atoms with Gasteiger partial charge in [0.1, 0.15) is 0 Å². The van der Waals surface area contributed by atoms with Gasteiger partial charge in [0.05, 0.1) is 0 Å². The minimum atomic E-state index is 0.161. The maximum Gasteiger partial charge on any atom is 0.0249 e. The summed E-state index contributed by atoms with van der Waals surface area (Å²) in [6.07, 6.45) is 1.09. The van der Waals surface area contributed by atoms with E-state index in [4.69, 9.17) is 0 Å². The fourth-order valence-corrected chi connectivity index (χ4v) is 2.01. The first kappa shape index (κ1) is 14.2. The molecule has 0 atom stereocenters. The molecule has 0 spiro atoms. The average Bonchev–Trinajstić information content (AvgIpc) is 2.23. The second-order valence-electron chi connectivity index (χ2n) is 5.51. The lowest BCUT2D eigenvalue weighted by Crippen LogP contribution is -2.47. The van der Waals surface area contributed by atoms with Crippen molar-refractivity contribution in [2.45, 2.75) is 39.7 Å². The summed E-state index contributed by atoms with van der Waals surface area (Å²) in [5, 5.41) is 6.79. The molecule has 2 nitrogen and oxygen atoms in total. The van der Waals surface area contributed by atoms with Gasteiger partial charge in [-0.1, -0.05) is 18.2 Å². The number of hydrogen-bond acceptors (Lipinski definition) is 2. The molecule has 17 heavy (non-hydrogen) atoms. The van der Waals surface area contributed by atoms with Crippen molar-refractivity contribution in [2.24, 2.45) is 0 Å². The van der Waals surface area contributed by atoms with Crippen LogP contribution in [0.5, 0.6) is 0 Å². The highest BCUT2D eigenvalue weighted by atomic mass is 15.0. The third kappa shape index (κ3) is 4.88. The Morgan fingerprint density at radius 3 is 2.41 bits per heavy atom. The van der Waals surface area contributed by atoms with Crippen LogP contribution in [0.2, 0.25) is 0 Å². The molecule has 0 unspecified atom stereocenters. The molecular weight excluding hydrogens is 208 g/mol. The van der Waals surface area contributed by atoms with E-state index in [1.54, 1.807) is 0 Å². The van der Waals surface area contributed by atoms with E-state index >= 15 is 0 Å². The molecule has 0 aliphatic heterocycles. The molecule has 0 saturated carbocycles. The predicted molar refractivity (Wildman–Crippen MR) is 75.6 cm³/mol. The van der Waals surface area contributed by atoms with E-state index in [1.807, 2.05) is 7.05 Å². The minimum Gasteiger partial charge on any atom is -0.318 e. The summed E-state index contributed by atoms with van der Waals surface area (Å²) in [4.78, 5) is 0. The molecule has 0 aliphatic rings. The van der Waals surface area contributed by atoms with Crippen molar-refractivity contribution in [1.29, 1.82) is 0 Å². The third-order valence-electron chi connectivity index (χ3n) is 3.21. The van der Waals surface area contributed by atoms with Crippen LogP contribution in [0.1, 0.15) is 30.5 Å². The molecule has 1 aromatic rings. The zero-order valence-electron chi connectivity index (χ0n) is 11.9. The summed E-state index contributed by atoms with van der Waals surface area (Å²) in [6, 6.07) is 6.74. The molecule has 0 amide bonds. The van der Waals surface area contributed by atoms with Gasteiger partial charge < -0.3 is 10.6 Å². The molecule has 0 saturated heterocycles. The van der Waals surface area contributed by atoms with Gasteiger partial charge in [-0.05, 0) is 64.4 Å². The summed E-state index contributed by atoms with van der Waals surface area (Å²) in [6.45, 7) is 10.8. The Kier molecular flexibility index (Phi) is 5.16. The first-order chi connectivity index (χ1) is 7.94. The molecule has 0 radical (unpaired) electrons. The summed E-state index contributed by atoms with van der Waals surface area (Å²) in [5.74, 6) is 0.